The number of rotatable bonds is 2. The zero-order chi connectivity index (χ0) is 16.0. The maximum atomic E-state index is 12.8. The number of para-hydroxylation sites is 1. The summed E-state index contributed by atoms with van der Waals surface area (Å²) in [7, 11) is 3.19. The lowest BCUT2D eigenvalue weighted by Crippen LogP contribution is -2.02. The molecule has 0 bridgehead atoms. The second kappa shape index (κ2) is 5.02. The molecule has 0 atom stereocenters. The predicted octanol–water partition coefficient (Wildman–Crippen LogP) is 4.12. The van der Waals surface area contributed by atoms with Crippen LogP contribution in [0.25, 0.3) is 32.7 Å². The van der Waals surface area contributed by atoms with Crippen LogP contribution in [0.2, 0.25) is 0 Å². The first-order valence-corrected chi connectivity index (χ1v) is 7.22. The highest BCUT2D eigenvalue weighted by atomic mass is 16.5. The molecule has 23 heavy (non-hydrogen) atoms. The van der Waals surface area contributed by atoms with Gasteiger partial charge in [0.1, 0.15) is 11.3 Å². The van der Waals surface area contributed by atoms with Crippen molar-refractivity contribution in [2.45, 2.75) is 0 Å². The highest BCUT2D eigenvalue weighted by Gasteiger charge is 2.12. The summed E-state index contributed by atoms with van der Waals surface area (Å²) in [4.78, 5) is 12.8. The van der Waals surface area contributed by atoms with E-state index in [9.17, 15) is 4.79 Å². The zero-order valence-corrected chi connectivity index (χ0v) is 12.8. The van der Waals surface area contributed by atoms with Gasteiger partial charge in [0.25, 0.3) is 0 Å². The minimum atomic E-state index is -0.0575. The quantitative estimate of drug-likeness (QED) is 0.523. The Balaban J connectivity index is 2.16. The molecule has 0 saturated heterocycles. The van der Waals surface area contributed by atoms with Gasteiger partial charge in [-0.25, -0.2) is 0 Å². The third-order valence-corrected chi connectivity index (χ3v) is 4.05. The molecule has 0 saturated carbocycles. The van der Waals surface area contributed by atoms with E-state index in [0.717, 1.165) is 16.5 Å². The molecule has 0 aliphatic carbocycles. The summed E-state index contributed by atoms with van der Waals surface area (Å²) in [5, 5.41) is 3.00. The van der Waals surface area contributed by atoms with Crippen LogP contribution in [-0.2, 0) is 0 Å². The molecule has 0 N–H and O–H groups in total. The summed E-state index contributed by atoms with van der Waals surface area (Å²) in [5.41, 5.74) is 0.945. The van der Waals surface area contributed by atoms with Gasteiger partial charge in [-0.15, -0.1) is 0 Å². The van der Waals surface area contributed by atoms with Crippen LogP contribution in [0, 0.1) is 0 Å². The molecule has 0 unspecified atom stereocenters. The number of benzene rings is 3. The van der Waals surface area contributed by atoms with Crippen molar-refractivity contribution in [2.75, 3.05) is 14.2 Å². The highest BCUT2D eigenvalue weighted by molar-refractivity contribution is 6.00. The van der Waals surface area contributed by atoms with Gasteiger partial charge in [-0.3, -0.25) is 4.79 Å². The van der Waals surface area contributed by atoms with Crippen LogP contribution in [0.1, 0.15) is 0 Å². The monoisotopic (exact) mass is 306 g/mol. The van der Waals surface area contributed by atoms with Crippen LogP contribution in [0.4, 0.5) is 0 Å². The molecule has 0 fully saturated rings. The smallest absolute Gasteiger partial charge is 0.200 e. The Morgan fingerprint density at radius 1 is 0.870 bits per heavy atom. The van der Waals surface area contributed by atoms with Crippen LogP contribution < -0.4 is 14.9 Å². The highest BCUT2D eigenvalue weighted by Crippen LogP contribution is 2.30. The Morgan fingerprint density at radius 3 is 2.52 bits per heavy atom. The molecule has 0 amide bonds. The molecule has 3 aromatic carbocycles. The Bertz CT molecular complexity index is 1110. The standard InChI is InChI=1S/C19H14O4/c1-21-13-7-6-11-9-15-17(10-12(11)8-13)23-19-14(18(15)20)4-3-5-16(19)22-2/h3-10H,1-2H3. The molecule has 0 radical (unpaired) electrons. The van der Waals surface area contributed by atoms with Crippen molar-refractivity contribution in [3.63, 3.8) is 0 Å². The maximum Gasteiger partial charge on any atom is 0.200 e. The summed E-state index contributed by atoms with van der Waals surface area (Å²) in [5.74, 6) is 1.31. The molecule has 4 nitrogen and oxygen atoms in total. The van der Waals surface area contributed by atoms with Crippen LogP contribution in [-0.4, -0.2) is 14.2 Å². The predicted molar refractivity (Wildman–Crippen MR) is 90.6 cm³/mol. The molecule has 0 spiro atoms. The molecule has 4 aromatic rings. The molecular weight excluding hydrogens is 292 g/mol. The Morgan fingerprint density at radius 2 is 1.74 bits per heavy atom. The van der Waals surface area contributed by atoms with Crippen molar-refractivity contribution in [1.82, 2.24) is 0 Å². The molecular formula is C19H14O4. The number of hydrogen-bond donors (Lipinski definition) is 0. The first kappa shape index (κ1) is 13.6. The van der Waals surface area contributed by atoms with Crippen LogP contribution in [0.5, 0.6) is 11.5 Å². The van der Waals surface area contributed by atoms with Gasteiger partial charge in [0, 0.05) is 0 Å². The van der Waals surface area contributed by atoms with E-state index in [1.165, 1.54) is 0 Å². The number of ether oxygens (including phenoxy) is 2. The minimum Gasteiger partial charge on any atom is -0.497 e. The first-order chi connectivity index (χ1) is 11.2. The van der Waals surface area contributed by atoms with Gasteiger partial charge in [-0.05, 0) is 47.2 Å². The zero-order valence-electron chi connectivity index (χ0n) is 12.8. The molecule has 0 aliphatic rings. The third kappa shape index (κ3) is 2.03. The fourth-order valence-electron chi connectivity index (χ4n) is 2.86. The maximum absolute atomic E-state index is 12.8. The Hall–Kier alpha value is -3.01. The summed E-state index contributed by atoms with van der Waals surface area (Å²) in [6.07, 6.45) is 0. The second-order valence-corrected chi connectivity index (χ2v) is 5.33. The van der Waals surface area contributed by atoms with Gasteiger partial charge in [-0.2, -0.15) is 0 Å². The minimum absolute atomic E-state index is 0.0575. The first-order valence-electron chi connectivity index (χ1n) is 7.22. The third-order valence-electron chi connectivity index (χ3n) is 4.05. The number of fused-ring (bicyclic) bond motifs is 3. The normalized spacial score (nSPS) is 11.2. The number of methoxy groups -OCH3 is 2. The van der Waals surface area contributed by atoms with Crippen molar-refractivity contribution in [3.8, 4) is 11.5 Å². The topological polar surface area (TPSA) is 48.7 Å². The van der Waals surface area contributed by atoms with Crippen molar-refractivity contribution in [1.29, 1.82) is 0 Å². The van der Waals surface area contributed by atoms with E-state index >= 15 is 0 Å². The fraction of sp³-hybridized carbons (Fsp3) is 0.105. The average molecular weight is 306 g/mol. The SMILES string of the molecule is COc1ccc2cc3c(=O)c4cccc(OC)c4oc3cc2c1. The van der Waals surface area contributed by atoms with Gasteiger partial charge < -0.3 is 13.9 Å². The summed E-state index contributed by atoms with van der Waals surface area (Å²) >= 11 is 0. The van der Waals surface area contributed by atoms with Gasteiger partial charge in [-0.1, -0.05) is 12.1 Å². The fourth-order valence-corrected chi connectivity index (χ4v) is 2.86. The van der Waals surface area contributed by atoms with Crippen molar-refractivity contribution < 1.29 is 13.9 Å². The van der Waals surface area contributed by atoms with Gasteiger partial charge in [0.2, 0.25) is 5.43 Å². The summed E-state index contributed by atoms with van der Waals surface area (Å²) in [6.45, 7) is 0. The molecule has 0 aliphatic heterocycles. The number of hydrogen-bond acceptors (Lipinski definition) is 4. The van der Waals surface area contributed by atoms with E-state index < -0.39 is 0 Å². The van der Waals surface area contributed by atoms with Gasteiger partial charge in [0.15, 0.2) is 11.3 Å². The lowest BCUT2D eigenvalue weighted by Gasteiger charge is -2.07. The molecule has 1 aromatic heterocycles. The Kier molecular flexibility index (Phi) is 2.98. The van der Waals surface area contributed by atoms with Crippen LogP contribution >= 0.6 is 0 Å². The second-order valence-electron chi connectivity index (χ2n) is 5.33. The average Bonchev–Trinajstić information content (AvgIpc) is 2.59. The van der Waals surface area contributed by atoms with E-state index in [-0.39, 0.29) is 5.43 Å². The summed E-state index contributed by atoms with van der Waals surface area (Å²) in [6, 6.07) is 14.8. The molecule has 4 heteroatoms. The summed E-state index contributed by atoms with van der Waals surface area (Å²) < 4.78 is 16.5. The van der Waals surface area contributed by atoms with E-state index in [1.807, 2.05) is 30.3 Å². The largest absolute Gasteiger partial charge is 0.497 e. The van der Waals surface area contributed by atoms with E-state index in [1.54, 1.807) is 32.4 Å². The van der Waals surface area contributed by atoms with Crippen molar-refractivity contribution in [3.05, 3.63) is 58.8 Å². The molecule has 114 valence electrons. The Labute approximate surface area is 131 Å². The lowest BCUT2D eigenvalue weighted by molar-refractivity contribution is 0.411. The van der Waals surface area contributed by atoms with E-state index in [4.69, 9.17) is 13.9 Å². The lowest BCUT2D eigenvalue weighted by atomic mass is 10.1. The molecule has 1 heterocycles. The van der Waals surface area contributed by atoms with Gasteiger partial charge >= 0.3 is 0 Å². The molecule has 4 rings (SSSR count). The van der Waals surface area contributed by atoms with E-state index in [0.29, 0.717) is 27.7 Å². The van der Waals surface area contributed by atoms with Gasteiger partial charge in [0.05, 0.1) is 25.0 Å². The van der Waals surface area contributed by atoms with E-state index in [2.05, 4.69) is 0 Å². The van der Waals surface area contributed by atoms with Crippen LogP contribution in [0.3, 0.4) is 0 Å². The van der Waals surface area contributed by atoms with Crippen molar-refractivity contribution in [2.24, 2.45) is 0 Å². The van der Waals surface area contributed by atoms with Crippen molar-refractivity contribution >= 4 is 32.7 Å². The van der Waals surface area contributed by atoms with Crippen LogP contribution in [0.15, 0.2) is 57.7 Å².